The fourth-order valence-corrected chi connectivity index (χ4v) is 2.58. The fourth-order valence-electron chi connectivity index (χ4n) is 2.58. The highest BCUT2D eigenvalue weighted by molar-refractivity contribution is 5.86. The first-order chi connectivity index (χ1) is 9.74. The van der Waals surface area contributed by atoms with Crippen LogP contribution in [0.5, 0.6) is 0 Å². The Balaban J connectivity index is 1.68. The molecular weight excluding hydrogens is 251 g/mol. The Hall–Kier alpha value is -1.45. The summed E-state index contributed by atoms with van der Waals surface area (Å²) < 4.78 is 13.8. The van der Waals surface area contributed by atoms with Crippen molar-refractivity contribution in [1.82, 2.24) is 10.2 Å². The minimum Gasteiger partial charge on any atom is -0.313 e. The number of rotatable bonds is 6. The maximum Gasteiger partial charge on any atom is 0.131 e. The summed E-state index contributed by atoms with van der Waals surface area (Å²) in [4.78, 5) is 2.29. The highest BCUT2D eigenvalue weighted by Crippen LogP contribution is 2.22. The van der Waals surface area contributed by atoms with Crippen LogP contribution in [0.15, 0.2) is 36.4 Å². The highest BCUT2D eigenvalue weighted by Gasteiger charge is 2.19. The SMILES string of the molecule is CN(CCNC1CC1)Cc1ccc(F)c2ccccc12. The molecular formula is C17H21FN2. The van der Waals surface area contributed by atoms with Gasteiger partial charge in [-0.15, -0.1) is 0 Å². The lowest BCUT2D eigenvalue weighted by Crippen LogP contribution is -2.30. The van der Waals surface area contributed by atoms with Crippen LogP contribution in [0.4, 0.5) is 4.39 Å². The average molecular weight is 272 g/mol. The van der Waals surface area contributed by atoms with Gasteiger partial charge in [-0.2, -0.15) is 0 Å². The van der Waals surface area contributed by atoms with Gasteiger partial charge < -0.3 is 10.2 Å². The van der Waals surface area contributed by atoms with Crippen LogP contribution >= 0.6 is 0 Å². The molecule has 1 fully saturated rings. The molecule has 0 bridgehead atoms. The molecule has 2 aromatic rings. The van der Waals surface area contributed by atoms with Gasteiger partial charge >= 0.3 is 0 Å². The van der Waals surface area contributed by atoms with Gasteiger partial charge in [0.2, 0.25) is 0 Å². The number of hydrogen-bond donors (Lipinski definition) is 1. The topological polar surface area (TPSA) is 15.3 Å². The van der Waals surface area contributed by atoms with Crippen molar-refractivity contribution in [2.75, 3.05) is 20.1 Å². The Labute approximate surface area is 119 Å². The predicted octanol–water partition coefficient (Wildman–Crippen LogP) is 3.16. The van der Waals surface area contributed by atoms with Crippen molar-refractivity contribution in [1.29, 1.82) is 0 Å². The van der Waals surface area contributed by atoms with Gasteiger partial charge in [0, 0.05) is 31.1 Å². The fraction of sp³-hybridized carbons (Fsp3) is 0.412. The van der Waals surface area contributed by atoms with E-state index in [9.17, 15) is 4.39 Å². The second-order valence-electron chi connectivity index (χ2n) is 5.72. The first-order valence-electron chi connectivity index (χ1n) is 7.32. The van der Waals surface area contributed by atoms with Crippen molar-refractivity contribution < 1.29 is 4.39 Å². The number of benzene rings is 2. The normalized spacial score (nSPS) is 15.2. The first-order valence-corrected chi connectivity index (χ1v) is 7.32. The Bertz CT molecular complexity index is 593. The molecule has 1 N–H and O–H groups in total. The molecule has 3 heteroatoms. The minimum atomic E-state index is -0.137. The smallest absolute Gasteiger partial charge is 0.131 e. The van der Waals surface area contributed by atoms with Crippen molar-refractivity contribution in [3.05, 3.63) is 47.8 Å². The summed E-state index contributed by atoms with van der Waals surface area (Å²) in [5.74, 6) is -0.137. The molecule has 0 aromatic heterocycles. The van der Waals surface area contributed by atoms with Crippen LogP contribution in [0.25, 0.3) is 10.8 Å². The zero-order valence-electron chi connectivity index (χ0n) is 11.9. The van der Waals surface area contributed by atoms with Gasteiger partial charge in [0.15, 0.2) is 0 Å². The summed E-state index contributed by atoms with van der Waals surface area (Å²) in [5.41, 5.74) is 1.19. The summed E-state index contributed by atoms with van der Waals surface area (Å²) in [6, 6.07) is 12.0. The van der Waals surface area contributed by atoms with Crippen LogP contribution in [0.2, 0.25) is 0 Å². The molecule has 0 radical (unpaired) electrons. The van der Waals surface area contributed by atoms with E-state index < -0.39 is 0 Å². The number of nitrogens with zero attached hydrogens (tertiary/aromatic N) is 1. The van der Waals surface area contributed by atoms with E-state index in [-0.39, 0.29) is 5.82 Å². The van der Waals surface area contributed by atoms with E-state index in [2.05, 4.69) is 17.3 Å². The van der Waals surface area contributed by atoms with Crippen molar-refractivity contribution in [2.45, 2.75) is 25.4 Å². The number of hydrogen-bond acceptors (Lipinski definition) is 2. The first kappa shape index (κ1) is 13.5. The maximum absolute atomic E-state index is 13.8. The number of nitrogens with one attached hydrogen (secondary N) is 1. The molecule has 1 aliphatic carbocycles. The lowest BCUT2D eigenvalue weighted by molar-refractivity contribution is 0.325. The largest absolute Gasteiger partial charge is 0.313 e. The highest BCUT2D eigenvalue weighted by atomic mass is 19.1. The predicted molar refractivity (Wildman–Crippen MR) is 81.3 cm³/mol. The quantitative estimate of drug-likeness (QED) is 0.869. The number of fused-ring (bicyclic) bond motifs is 1. The Morgan fingerprint density at radius 2 is 1.90 bits per heavy atom. The summed E-state index contributed by atoms with van der Waals surface area (Å²) in [5, 5.41) is 5.26. The van der Waals surface area contributed by atoms with E-state index in [1.807, 2.05) is 30.3 Å². The molecule has 20 heavy (non-hydrogen) atoms. The molecule has 1 aliphatic rings. The van der Waals surface area contributed by atoms with E-state index in [0.29, 0.717) is 0 Å². The van der Waals surface area contributed by atoms with Crippen molar-refractivity contribution >= 4 is 10.8 Å². The molecule has 0 heterocycles. The van der Waals surface area contributed by atoms with E-state index in [1.54, 1.807) is 6.07 Å². The molecule has 0 spiro atoms. The van der Waals surface area contributed by atoms with Gasteiger partial charge in [-0.25, -0.2) is 4.39 Å². The van der Waals surface area contributed by atoms with Crippen molar-refractivity contribution in [3.63, 3.8) is 0 Å². The molecule has 0 unspecified atom stereocenters. The third-order valence-corrected chi connectivity index (χ3v) is 3.91. The van der Waals surface area contributed by atoms with Gasteiger partial charge in [-0.1, -0.05) is 30.3 Å². The molecule has 0 saturated heterocycles. The van der Waals surface area contributed by atoms with E-state index in [4.69, 9.17) is 0 Å². The van der Waals surface area contributed by atoms with Crippen LogP contribution in [0.1, 0.15) is 18.4 Å². The average Bonchev–Trinajstić information content (AvgIpc) is 3.27. The second-order valence-corrected chi connectivity index (χ2v) is 5.72. The zero-order valence-corrected chi connectivity index (χ0v) is 11.9. The van der Waals surface area contributed by atoms with Crippen LogP contribution in [-0.2, 0) is 6.54 Å². The number of likely N-dealkylation sites (N-methyl/N-ethyl adjacent to an activating group) is 1. The van der Waals surface area contributed by atoms with E-state index in [0.717, 1.165) is 36.4 Å². The second kappa shape index (κ2) is 5.90. The lowest BCUT2D eigenvalue weighted by atomic mass is 10.0. The van der Waals surface area contributed by atoms with Crippen molar-refractivity contribution in [2.24, 2.45) is 0 Å². The summed E-state index contributed by atoms with van der Waals surface area (Å²) in [7, 11) is 2.12. The zero-order chi connectivity index (χ0) is 13.9. The van der Waals surface area contributed by atoms with Crippen LogP contribution in [0.3, 0.4) is 0 Å². The monoisotopic (exact) mass is 272 g/mol. The van der Waals surface area contributed by atoms with Gasteiger partial charge in [-0.3, -0.25) is 0 Å². The van der Waals surface area contributed by atoms with Crippen LogP contribution < -0.4 is 5.32 Å². The molecule has 2 nitrogen and oxygen atoms in total. The van der Waals surface area contributed by atoms with Crippen LogP contribution in [-0.4, -0.2) is 31.1 Å². The molecule has 0 aliphatic heterocycles. The summed E-state index contributed by atoms with van der Waals surface area (Å²) in [6.45, 7) is 2.90. The van der Waals surface area contributed by atoms with Gasteiger partial charge in [-0.05, 0) is 36.9 Å². The molecule has 1 saturated carbocycles. The molecule has 3 rings (SSSR count). The Morgan fingerprint density at radius 1 is 1.15 bits per heavy atom. The minimum absolute atomic E-state index is 0.137. The number of halogens is 1. The van der Waals surface area contributed by atoms with E-state index >= 15 is 0 Å². The standard InChI is InChI=1S/C17H21FN2/c1-20(11-10-19-14-7-8-14)12-13-6-9-17(18)16-5-3-2-4-15(13)16/h2-6,9,14,19H,7-8,10-12H2,1H3. The third-order valence-electron chi connectivity index (χ3n) is 3.91. The van der Waals surface area contributed by atoms with Crippen LogP contribution in [0, 0.1) is 5.82 Å². The summed E-state index contributed by atoms with van der Waals surface area (Å²) in [6.07, 6.45) is 2.65. The van der Waals surface area contributed by atoms with Gasteiger partial charge in [0.25, 0.3) is 0 Å². The molecule has 106 valence electrons. The van der Waals surface area contributed by atoms with E-state index in [1.165, 1.54) is 18.4 Å². The lowest BCUT2D eigenvalue weighted by Gasteiger charge is -2.18. The van der Waals surface area contributed by atoms with Gasteiger partial charge in [0.1, 0.15) is 5.82 Å². The maximum atomic E-state index is 13.8. The third kappa shape index (κ3) is 3.17. The Kier molecular flexibility index (Phi) is 3.99. The van der Waals surface area contributed by atoms with Crippen molar-refractivity contribution in [3.8, 4) is 0 Å². The summed E-state index contributed by atoms with van der Waals surface area (Å²) >= 11 is 0. The Morgan fingerprint density at radius 3 is 2.65 bits per heavy atom. The molecule has 0 amide bonds. The van der Waals surface area contributed by atoms with Gasteiger partial charge in [0.05, 0.1) is 0 Å². The molecule has 0 atom stereocenters. The molecule has 2 aromatic carbocycles.